The maximum Gasteiger partial charge on any atom is 0.0462 e. The zero-order valence-corrected chi connectivity index (χ0v) is 14.6. The van der Waals surface area contributed by atoms with E-state index in [2.05, 4.69) is 114 Å². The standard InChI is InChI=1S/C25H21N/c1-3-11-23(12-4-1)26(24-13-5-2-6-14-24)25-19-17-22(18-20-25)16-15-21-9-7-8-10-21/h1-21H/b16-15+. The van der Waals surface area contributed by atoms with Crippen LogP contribution in [0.2, 0.25) is 0 Å². The number of nitrogens with zero attached hydrogens (tertiary/aromatic N) is 1. The van der Waals surface area contributed by atoms with E-state index in [1.807, 2.05) is 12.1 Å². The number of hydrogen-bond acceptors (Lipinski definition) is 1. The van der Waals surface area contributed by atoms with Gasteiger partial charge in [-0.05, 0) is 42.0 Å². The average Bonchev–Trinajstić information content (AvgIpc) is 3.23. The highest BCUT2D eigenvalue weighted by Crippen LogP contribution is 2.34. The molecular weight excluding hydrogens is 314 g/mol. The first kappa shape index (κ1) is 16.2. The summed E-state index contributed by atoms with van der Waals surface area (Å²) in [5.74, 6) is 0.416. The lowest BCUT2D eigenvalue weighted by molar-refractivity contribution is 1.10. The molecule has 0 aromatic heterocycles. The number of hydrogen-bond donors (Lipinski definition) is 0. The van der Waals surface area contributed by atoms with Crippen LogP contribution in [0.15, 0.2) is 115 Å². The molecule has 126 valence electrons. The van der Waals surface area contributed by atoms with Crippen LogP contribution in [0.4, 0.5) is 17.1 Å². The van der Waals surface area contributed by atoms with Gasteiger partial charge in [-0.2, -0.15) is 0 Å². The Kier molecular flexibility index (Phi) is 4.79. The second-order valence-electron chi connectivity index (χ2n) is 6.30. The van der Waals surface area contributed by atoms with Crippen molar-refractivity contribution in [2.75, 3.05) is 4.90 Å². The Bertz CT molecular complexity index is 867. The predicted octanol–water partition coefficient (Wildman–Crippen LogP) is 6.91. The second kappa shape index (κ2) is 7.71. The number of rotatable bonds is 5. The van der Waals surface area contributed by atoms with Crippen molar-refractivity contribution >= 4 is 23.1 Å². The van der Waals surface area contributed by atoms with Crippen LogP contribution in [-0.2, 0) is 0 Å². The molecule has 1 aliphatic rings. The minimum atomic E-state index is 0.416. The van der Waals surface area contributed by atoms with Crippen molar-refractivity contribution in [1.82, 2.24) is 0 Å². The Labute approximate surface area is 155 Å². The smallest absolute Gasteiger partial charge is 0.0462 e. The van der Waals surface area contributed by atoms with E-state index < -0.39 is 0 Å². The van der Waals surface area contributed by atoms with E-state index in [-0.39, 0.29) is 0 Å². The van der Waals surface area contributed by atoms with Crippen LogP contribution in [0.1, 0.15) is 5.56 Å². The van der Waals surface area contributed by atoms with Crippen LogP contribution in [0.3, 0.4) is 0 Å². The summed E-state index contributed by atoms with van der Waals surface area (Å²) in [5, 5.41) is 0. The maximum absolute atomic E-state index is 2.27. The van der Waals surface area contributed by atoms with E-state index in [0.717, 1.165) is 17.1 Å². The topological polar surface area (TPSA) is 3.24 Å². The second-order valence-corrected chi connectivity index (χ2v) is 6.30. The van der Waals surface area contributed by atoms with Gasteiger partial charge in [0.2, 0.25) is 0 Å². The first-order valence-corrected chi connectivity index (χ1v) is 8.94. The summed E-state index contributed by atoms with van der Waals surface area (Å²) in [4.78, 5) is 2.27. The Balaban J connectivity index is 1.64. The molecule has 0 amide bonds. The molecule has 0 saturated carbocycles. The van der Waals surface area contributed by atoms with E-state index in [1.165, 1.54) is 5.56 Å². The molecule has 0 heterocycles. The lowest BCUT2D eigenvalue weighted by atomic mass is 10.1. The molecule has 1 aliphatic carbocycles. The summed E-state index contributed by atoms with van der Waals surface area (Å²) in [6.45, 7) is 0. The summed E-state index contributed by atoms with van der Waals surface area (Å²) in [6, 6.07) is 29.7. The van der Waals surface area contributed by atoms with Crippen LogP contribution in [0.5, 0.6) is 0 Å². The van der Waals surface area contributed by atoms with Crippen LogP contribution in [0.25, 0.3) is 6.08 Å². The third-order valence-electron chi connectivity index (χ3n) is 4.47. The lowest BCUT2D eigenvalue weighted by Gasteiger charge is -2.25. The first-order chi connectivity index (χ1) is 12.9. The quantitative estimate of drug-likeness (QED) is 0.489. The molecule has 3 aromatic rings. The maximum atomic E-state index is 2.27. The molecule has 0 spiro atoms. The van der Waals surface area contributed by atoms with Gasteiger partial charge in [0.1, 0.15) is 0 Å². The molecule has 0 aliphatic heterocycles. The molecule has 0 fully saturated rings. The van der Waals surface area contributed by atoms with Crippen molar-refractivity contribution in [2.45, 2.75) is 0 Å². The number of allylic oxidation sites excluding steroid dienone is 5. The molecule has 0 radical (unpaired) electrons. The van der Waals surface area contributed by atoms with Gasteiger partial charge in [0.15, 0.2) is 0 Å². The average molecular weight is 335 g/mol. The number of anilines is 3. The van der Waals surface area contributed by atoms with Gasteiger partial charge < -0.3 is 4.90 Å². The van der Waals surface area contributed by atoms with Gasteiger partial charge in [0, 0.05) is 23.0 Å². The summed E-state index contributed by atoms with van der Waals surface area (Å²) in [6.07, 6.45) is 13.0. The van der Waals surface area contributed by atoms with Crippen molar-refractivity contribution in [1.29, 1.82) is 0 Å². The van der Waals surface area contributed by atoms with Gasteiger partial charge in [0.25, 0.3) is 0 Å². The third kappa shape index (κ3) is 3.68. The van der Waals surface area contributed by atoms with Crippen molar-refractivity contribution in [3.63, 3.8) is 0 Å². The Morgan fingerprint density at radius 1 is 0.577 bits per heavy atom. The fourth-order valence-corrected chi connectivity index (χ4v) is 3.14. The van der Waals surface area contributed by atoms with Gasteiger partial charge in [0.05, 0.1) is 0 Å². The summed E-state index contributed by atoms with van der Waals surface area (Å²) in [5.41, 5.74) is 4.68. The minimum Gasteiger partial charge on any atom is -0.311 e. The van der Waals surface area contributed by atoms with Gasteiger partial charge in [-0.3, -0.25) is 0 Å². The molecule has 1 heteroatoms. The summed E-state index contributed by atoms with van der Waals surface area (Å²) in [7, 11) is 0. The molecular formula is C25H21N. The normalized spacial score (nSPS) is 13.5. The first-order valence-electron chi connectivity index (χ1n) is 8.94. The number of para-hydroxylation sites is 2. The zero-order chi connectivity index (χ0) is 17.6. The largest absolute Gasteiger partial charge is 0.311 e. The van der Waals surface area contributed by atoms with Gasteiger partial charge in [-0.1, -0.05) is 85.0 Å². The molecule has 0 unspecified atom stereocenters. The Morgan fingerprint density at radius 2 is 1.08 bits per heavy atom. The van der Waals surface area contributed by atoms with E-state index in [1.54, 1.807) is 0 Å². The Morgan fingerprint density at radius 3 is 1.62 bits per heavy atom. The molecule has 4 rings (SSSR count). The van der Waals surface area contributed by atoms with Gasteiger partial charge >= 0.3 is 0 Å². The van der Waals surface area contributed by atoms with Crippen molar-refractivity contribution < 1.29 is 0 Å². The number of benzene rings is 3. The van der Waals surface area contributed by atoms with Crippen molar-refractivity contribution in [2.24, 2.45) is 5.92 Å². The van der Waals surface area contributed by atoms with E-state index in [9.17, 15) is 0 Å². The van der Waals surface area contributed by atoms with Gasteiger partial charge in [-0.15, -0.1) is 0 Å². The zero-order valence-electron chi connectivity index (χ0n) is 14.6. The summed E-state index contributed by atoms with van der Waals surface area (Å²) < 4.78 is 0. The highest BCUT2D eigenvalue weighted by Gasteiger charge is 2.11. The fourth-order valence-electron chi connectivity index (χ4n) is 3.14. The van der Waals surface area contributed by atoms with Gasteiger partial charge in [-0.25, -0.2) is 0 Å². The van der Waals surface area contributed by atoms with Crippen LogP contribution < -0.4 is 4.90 Å². The molecule has 26 heavy (non-hydrogen) atoms. The summed E-state index contributed by atoms with van der Waals surface area (Å²) >= 11 is 0. The van der Waals surface area contributed by atoms with Crippen LogP contribution >= 0.6 is 0 Å². The highest BCUT2D eigenvalue weighted by atomic mass is 15.1. The monoisotopic (exact) mass is 335 g/mol. The van der Waals surface area contributed by atoms with E-state index in [0.29, 0.717) is 5.92 Å². The molecule has 3 aromatic carbocycles. The molecule has 0 atom stereocenters. The minimum absolute atomic E-state index is 0.416. The fraction of sp³-hybridized carbons (Fsp3) is 0.0400. The highest BCUT2D eigenvalue weighted by molar-refractivity contribution is 5.76. The van der Waals surface area contributed by atoms with Crippen molar-refractivity contribution in [3.8, 4) is 0 Å². The van der Waals surface area contributed by atoms with Crippen LogP contribution in [-0.4, -0.2) is 0 Å². The van der Waals surface area contributed by atoms with Crippen LogP contribution in [0, 0.1) is 5.92 Å². The lowest BCUT2D eigenvalue weighted by Crippen LogP contribution is -2.09. The molecule has 0 bridgehead atoms. The van der Waals surface area contributed by atoms with Crippen molar-refractivity contribution in [3.05, 3.63) is 121 Å². The molecule has 0 saturated heterocycles. The Hall–Kier alpha value is -3.32. The SMILES string of the molecule is C1=CC(/C=C/c2ccc(N(c3ccccc3)c3ccccc3)cc2)C=C1. The molecule has 0 N–H and O–H groups in total. The molecule has 1 nitrogen and oxygen atoms in total. The predicted molar refractivity (Wildman–Crippen MR) is 112 cm³/mol. The van der Waals surface area contributed by atoms with E-state index in [4.69, 9.17) is 0 Å². The van der Waals surface area contributed by atoms with E-state index >= 15 is 0 Å². The third-order valence-corrected chi connectivity index (χ3v) is 4.47.